The maximum Gasteiger partial charge on any atom is 0.126 e. The molecule has 0 atom stereocenters. The maximum atomic E-state index is 10.1. The average molecular weight is 283 g/mol. The maximum absolute atomic E-state index is 10.1. The quantitative estimate of drug-likeness (QED) is 0.857. The molecule has 0 aromatic heterocycles. The number of hydrogen-bond acceptors (Lipinski definition) is 3. The summed E-state index contributed by atoms with van der Waals surface area (Å²) in [4.78, 5) is 0. The van der Waals surface area contributed by atoms with Crippen LogP contribution in [0.4, 0.5) is 5.69 Å². The summed E-state index contributed by atoms with van der Waals surface area (Å²) in [6, 6.07) is 11.6. The van der Waals surface area contributed by atoms with E-state index in [1.54, 1.807) is 13.2 Å². The van der Waals surface area contributed by atoms with Gasteiger partial charge in [0.2, 0.25) is 0 Å². The molecule has 21 heavy (non-hydrogen) atoms. The molecule has 110 valence electrons. The summed E-state index contributed by atoms with van der Waals surface area (Å²) < 4.78 is 5.35. The molecule has 2 rings (SSSR count). The first-order valence-corrected chi connectivity index (χ1v) is 6.98. The van der Waals surface area contributed by atoms with E-state index in [0.29, 0.717) is 12.2 Å². The fourth-order valence-corrected chi connectivity index (χ4v) is 2.29. The lowest BCUT2D eigenvalue weighted by Gasteiger charge is -2.15. The zero-order valence-corrected chi connectivity index (χ0v) is 12.7. The summed E-state index contributed by atoms with van der Waals surface area (Å²) in [7, 11) is 1.61. The fourth-order valence-electron chi connectivity index (χ4n) is 2.29. The number of para-hydroxylation sites is 1. The van der Waals surface area contributed by atoms with Crippen LogP contribution in [0, 0.1) is 6.92 Å². The Morgan fingerprint density at radius 2 is 2.00 bits per heavy atom. The Hall–Kier alpha value is -2.42. The molecule has 2 aromatic rings. The van der Waals surface area contributed by atoms with Crippen molar-refractivity contribution in [2.45, 2.75) is 20.3 Å². The van der Waals surface area contributed by atoms with E-state index in [1.807, 2.05) is 44.2 Å². The Labute approximate surface area is 125 Å². The van der Waals surface area contributed by atoms with Gasteiger partial charge in [-0.2, -0.15) is 0 Å². The minimum absolute atomic E-state index is 0.236. The van der Waals surface area contributed by atoms with Crippen LogP contribution in [0.5, 0.6) is 11.5 Å². The van der Waals surface area contributed by atoms with Crippen molar-refractivity contribution in [3.05, 3.63) is 59.7 Å². The molecule has 0 saturated carbocycles. The summed E-state index contributed by atoms with van der Waals surface area (Å²) in [6.07, 6.45) is 0.715. The van der Waals surface area contributed by atoms with Crippen molar-refractivity contribution in [3.8, 4) is 11.5 Å². The van der Waals surface area contributed by atoms with Gasteiger partial charge in [0.05, 0.1) is 7.11 Å². The summed E-state index contributed by atoms with van der Waals surface area (Å²) in [5.41, 5.74) is 4.48. The Balaban J connectivity index is 2.32. The Morgan fingerprint density at radius 3 is 2.62 bits per heavy atom. The van der Waals surface area contributed by atoms with Gasteiger partial charge in [-0.1, -0.05) is 31.7 Å². The van der Waals surface area contributed by atoms with E-state index < -0.39 is 0 Å². The standard InChI is InChI=1S/C18H21NO2/c1-5-15-17(20)10-14(11-18(15)21-4)13(3)19-16-9-7-6-8-12(16)2/h6-11,19-20H,3,5H2,1-2,4H3. The summed E-state index contributed by atoms with van der Waals surface area (Å²) in [5.74, 6) is 0.916. The van der Waals surface area contributed by atoms with Crippen molar-refractivity contribution < 1.29 is 9.84 Å². The normalized spacial score (nSPS) is 10.2. The number of methoxy groups -OCH3 is 1. The highest BCUT2D eigenvalue weighted by atomic mass is 16.5. The Kier molecular flexibility index (Phi) is 4.53. The molecule has 3 nitrogen and oxygen atoms in total. The SMILES string of the molecule is C=C(Nc1ccccc1C)c1cc(O)c(CC)c(OC)c1. The van der Waals surface area contributed by atoms with E-state index in [0.717, 1.165) is 28.1 Å². The van der Waals surface area contributed by atoms with E-state index >= 15 is 0 Å². The minimum atomic E-state index is 0.236. The van der Waals surface area contributed by atoms with Crippen LogP contribution in [-0.2, 0) is 6.42 Å². The van der Waals surface area contributed by atoms with Crippen molar-refractivity contribution >= 4 is 11.4 Å². The van der Waals surface area contributed by atoms with Crippen molar-refractivity contribution in [1.82, 2.24) is 0 Å². The second-order valence-corrected chi connectivity index (χ2v) is 4.95. The van der Waals surface area contributed by atoms with Gasteiger partial charge < -0.3 is 15.2 Å². The van der Waals surface area contributed by atoms with Crippen molar-refractivity contribution in [2.75, 3.05) is 12.4 Å². The Bertz CT molecular complexity index is 662. The van der Waals surface area contributed by atoms with Gasteiger partial charge in [-0.05, 0) is 37.1 Å². The molecule has 0 spiro atoms. The lowest BCUT2D eigenvalue weighted by Crippen LogP contribution is -2.01. The number of ether oxygens (including phenoxy) is 1. The number of phenols is 1. The first-order valence-electron chi connectivity index (χ1n) is 6.98. The first kappa shape index (κ1) is 15.0. The van der Waals surface area contributed by atoms with Crippen LogP contribution < -0.4 is 10.1 Å². The molecule has 0 heterocycles. The van der Waals surface area contributed by atoms with Gasteiger partial charge in [-0.15, -0.1) is 0 Å². The zero-order valence-electron chi connectivity index (χ0n) is 12.7. The van der Waals surface area contributed by atoms with Crippen LogP contribution in [-0.4, -0.2) is 12.2 Å². The van der Waals surface area contributed by atoms with Crippen LogP contribution >= 0.6 is 0 Å². The topological polar surface area (TPSA) is 41.5 Å². The molecular formula is C18H21NO2. The smallest absolute Gasteiger partial charge is 0.126 e. The highest BCUT2D eigenvalue weighted by Crippen LogP contribution is 2.33. The van der Waals surface area contributed by atoms with E-state index in [1.165, 1.54) is 0 Å². The fraction of sp³-hybridized carbons (Fsp3) is 0.222. The third-order valence-corrected chi connectivity index (χ3v) is 3.54. The van der Waals surface area contributed by atoms with E-state index in [9.17, 15) is 5.11 Å². The molecule has 2 N–H and O–H groups in total. The Morgan fingerprint density at radius 1 is 1.29 bits per heavy atom. The van der Waals surface area contributed by atoms with Crippen LogP contribution in [0.2, 0.25) is 0 Å². The molecule has 0 bridgehead atoms. The van der Waals surface area contributed by atoms with Crippen LogP contribution in [0.25, 0.3) is 5.70 Å². The summed E-state index contributed by atoms with van der Waals surface area (Å²) >= 11 is 0. The second-order valence-electron chi connectivity index (χ2n) is 4.95. The van der Waals surface area contributed by atoms with E-state index in [2.05, 4.69) is 11.9 Å². The van der Waals surface area contributed by atoms with Crippen LogP contribution in [0.1, 0.15) is 23.6 Å². The first-order chi connectivity index (χ1) is 10.1. The predicted octanol–water partition coefficient (Wildman–Crippen LogP) is 4.35. The number of benzene rings is 2. The van der Waals surface area contributed by atoms with Crippen LogP contribution in [0.3, 0.4) is 0 Å². The minimum Gasteiger partial charge on any atom is -0.508 e. The van der Waals surface area contributed by atoms with Gasteiger partial charge in [0.15, 0.2) is 0 Å². The van der Waals surface area contributed by atoms with Gasteiger partial charge >= 0.3 is 0 Å². The zero-order chi connectivity index (χ0) is 15.4. The van der Waals surface area contributed by atoms with Gasteiger partial charge in [-0.3, -0.25) is 0 Å². The predicted molar refractivity (Wildman–Crippen MR) is 87.9 cm³/mol. The molecule has 0 fully saturated rings. The largest absolute Gasteiger partial charge is 0.508 e. The third kappa shape index (κ3) is 3.19. The highest BCUT2D eigenvalue weighted by molar-refractivity contribution is 5.78. The number of anilines is 1. The number of phenolic OH excluding ortho intramolecular Hbond substituents is 1. The van der Waals surface area contributed by atoms with Crippen molar-refractivity contribution in [1.29, 1.82) is 0 Å². The molecular weight excluding hydrogens is 262 g/mol. The summed E-state index contributed by atoms with van der Waals surface area (Å²) in [6.45, 7) is 8.07. The molecule has 0 aliphatic carbocycles. The van der Waals surface area contributed by atoms with Gasteiger partial charge in [0.1, 0.15) is 11.5 Å². The highest BCUT2D eigenvalue weighted by Gasteiger charge is 2.11. The lowest BCUT2D eigenvalue weighted by molar-refractivity contribution is 0.400. The van der Waals surface area contributed by atoms with Gasteiger partial charge in [0, 0.05) is 22.5 Å². The van der Waals surface area contributed by atoms with E-state index in [-0.39, 0.29) is 5.75 Å². The van der Waals surface area contributed by atoms with Crippen molar-refractivity contribution in [3.63, 3.8) is 0 Å². The number of hydrogen-bond donors (Lipinski definition) is 2. The molecule has 0 saturated heterocycles. The molecule has 0 radical (unpaired) electrons. The molecule has 2 aromatic carbocycles. The van der Waals surface area contributed by atoms with Gasteiger partial charge in [-0.25, -0.2) is 0 Å². The van der Waals surface area contributed by atoms with E-state index in [4.69, 9.17) is 4.74 Å². The van der Waals surface area contributed by atoms with Gasteiger partial charge in [0.25, 0.3) is 0 Å². The molecule has 0 aliphatic heterocycles. The molecule has 0 aliphatic rings. The molecule has 3 heteroatoms. The van der Waals surface area contributed by atoms with Crippen LogP contribution in [0.15, 0.2) is 43.0 Å². The average Bonchev–Trinajstić information content (AvgIpc) is 2.48. The third-order valence-electron chi connectivity index (χ3n) is 3.54. The number of rotatable bonds is 5. The number of aromatic hydroxyl groups is 1. The molecule has 0 unspecified atom stereocenters. The second kappa shape index (κ2) is 6.35. The number of aryl methyl sites for hydroxylation is 1. The van der Waals surface area contributed by atoms with Crippen molar-refractivity contribution in [2.24, 2.45) is 0 Å². The number of nitrogens with one attached hydrogen (secondary N) is 1. The monoisotopic (exact) mass is 283 g/mol. The lowest BCUT2D eigenvalue weighted by atomic mass is 10.0. The molecule has 0 amide bonds. The summed E-state index contributed by atoms with van der Waals surface area (Å²) in [5, 5.41) is 13.4.